The fourth-order valence-electron chi connectivity index (χ4n) is 3.16. The van der Waals surface area contributed by atoms with Crippen molar-refractivity contribution in [3.63, 3.8) is 0 Å². The van der Waals surface area contributed by atoms with E-state index in [1.807, 2.05) is 11.3 Å². The highest BCUT2D eigenvalue weighted by molar-refractivity contribution is 7.26. The summed E-state index contributed by atoms with van der Waals surface area (Å²) in [5.74, 6) is 0. The van der Waals surface area contributed by atoms with Gasteiger partial charge in [0.25, 0.3) is 0 Å². The van der Waals surface area contributed by atoms with Crippen molar-refractivity contribution < 1.29 is 0 Å². The number of hydrogen-bond donors (Lipinski definition) is 1. The van der Waals surface area contributed by atoms with E-state index in [4.69, 9.17) is 0 Å². The van der Waals surface area contributed by atoms with Crippen LogP contribution in [0, 0.1) is 20.8 Å². The number of fused-ring (bicyclic) bond motifs is 3. The summed E-state index contributed by atoms with van der Waals surface area (Å²) in [6, 6.07) is 19.6. The molecule has 2 heteroatoms. The molecule has 0 bridgehead atoms. The van der Waals surface area contributed by atoms with Gasteiger partial charge in [-0.05, 0) is 44.0 Å². The van der Waals surface area contributed by atoms with Gasteiger partial charge in [-0.25, -0.2) is 0 Å². The second-order valence-corrected chi connectivity index (χ2v) is 7.20. The predicted molar refractivity (Wildman–Crippen MR) is 103 cm³/mol. The van der Waals surface area contributed by atoms with Crippen molar-refractivity contribution >= 4 is 42.9 Å². The minimum atomic E-state index is 1.18. The lowest BCUT2D eigenvalue weighted by molar-refractivity contribution is 1.37. The molecule has 0 unspecified atom stereocenters. The number of anilines is 2. The van der Waals surface area contributed by atoms with Crippen molar-refractivity contribution in [1.29, 1.82) is 0 Å². The SMILES string of the molecule is Cc1ccc(Nc2cccc3c2sc2c(C)cccc23)c(C)c1. The molecule has 0 amide bonds. The van der Waals surface area contributed by atoms with Gasteiger partial charge in [0.15, 0.2) is 0 Å². The molecule has 0 spiro atoms. The van der Waals surface area contributed by atoms with Crippen molar-refractivity contribution in [3.05, 3.63) is 71.3 Å². The fourth-order valence-corrected chi connectivity index (χ4v) is 4.40. The summed E-state index contributed by atoms with van der Waals surface area (Å²) >= 11 is 1.88. The van der Waals surface area contributed by atoms with Gasteiger partial charge in [-0.3, -0.25) is 0 Å². The van der Waals surface area contributed by atoms with Gasteiger partial charge >= 0.3 is 0 Å². The van der Waals surface area contributed by atoms with Gasteiger partial charge in [-0.1, -0.05) is 48.0 Å². The van der Waals surface area contributed by atoms with Crippen LogP contribution in [0.5, 0.6) is 0 Å². The Morgan fingerprint density at radius 3 is 2.22 bits per heavy atom. The van der Waals surface area contributed by atoms with Gasteiger partial charge in [0.05, 0.1) is 10.4 Å². The molecule has 1 nitrogen and oxygen atoms in total. The zero-order chi connectivity index (χ0) is 16.0. The summed E-state index contributed by atoms with van der Waals surface area (Å²) in [7, 11) is 0. The quantitative estimate of drug-likeness (QED) is 0.432. The number of nitrogens with one attached hydrogen (secondary N) is 1. The normalized spacial score (nSPS) is 11.3. The third-order valence-corrected chi connectivity index (χ3v) is 5.76. The molecule has 0 aliphatic heterocycles. The Morgan fingerprint density at radius 2 is 1.43 bits per heavy atom. The standard InChI is InChI=1S/C21H19NS/c1-13-10-11-18(15(3)12-13)22-19-9-5-8-17-16-7-4-6-14(2)20(16)23-21(17)19/h4-12,22H,1-3H3. The Bertz CT molecular complexity index is 1030. The Kier molecular flexibility index (Phi) is 3.35. The van der Waals surface area contributed by atoms with Gasteiger partial charge in [0, 0.05) is 21.2 Å². The van der Waals surface area contributed by atoms with Crippen LogP contribution in [-0.2, 0) is 0 Å². The molecule has 1 N–H and O–H groups in total. The highest BCUT2D eigenvalue weighted by atomic mass is 32.1. The lowest BCUT2D eigenvalue weighted by Crippen LogP contribution is -1.93. The van der Waals surface area contributed by atoms with Crippen LogP contribution in [-0.4, -0.2) is 0 Å². The van der Waals surface area contributed by atoms with Crippen LogP contribution in [0.15, 0.2) is 54.6 Å². The maximum absolute atomic E-state index is 3.63. The molecule has 23 heavy (non-hydrogen) atoms. The van der Waals surface area contributed by atoms with Crippen molar-refractivity contribution in [2.45, 2.75) is 20.8 Å². The van der Waals surface area contributed by atoms with Gasteiger partial charge < -0.3 is 5.32 Å². The molecular formula is C21H19NS. The molecule has 3 aromatic carbocycles. The summed E-state index contributed by atoms with van der Waals surface area (Å²) in [5, 5.41) is 6.33. The van der Waals surface area contributed by atoms with E-state index in [1.165, 1.54) is 48.2 Å². The molecule has 0 atom stereocenters. The Morgan fingerprint density at radius 1 is 0.696 bits per heavy atom. The summed E-state index contributed by atoms with van der Waals surface area (Å²) in [6.45, 7) is 6.48. The molecule has 0 saturated heterocycles. The van der Waals surface area contributed by atoms with Crippen LogP contribution in [0.25, 0.3) is 20.2 Å². The topological polar surface area (TPSA) is 12.0 Å². The Hall–Kier alpha value is -2.32. The van der Waals surface area contributed by atoms with Gasteiger partial charge in [-0.2, -0.15) is 0 Å². The van der Waals surface area contributed by atoms with E-state index in [2.05, 4.69) is 80.7 Å². The van der Waals surface area contributed by atoms with Crippen LogP contribution in [0.4, 0.5) is 11.4 Å². The molecule has 114 valence electrons. The van der Waals surface area contributed by atoms with E-state index >= 15 is 0 Å². The maximum Gasteiger partial charge on any atom is 0.0590 e. The molecule has 0 radical (unpaired) electrons. The fraction of sp³-hybridized carbons (Fsp3) is 0.143. The van der Waals surface area contributed by atoms with E-state index in [9.17, 15) is 0 Å². The molecule has 1 aromatic heterocycles. The largest absolute Gasteiger partial charge is 0.354 e. The number of thiophene rings is 1. The van der Waals surface area contributed by atoms with Crippen LogP contribution >= 0.6 is 11.3 Å². The summed E-state index contributed by atoms with van der Waals surface area (Å²) < 4.78 is 2.72. The maximum atomic E-state index is 3.63. The zero-order valence-electron chi connectivity index (χ0n) is 13.6. The first-order valence-corrected chi connectivity index (χ1v) is 8.70. The summed E-state index contributed by atoms with van der Waals surface area (Å²) in [4.78, 5) is 0. The van der Waals surface area contributed by atoms with Crippen molar-refractivity contribution in [1.82, 2.24) is 0 Å². The lowest BCUT2D eigenvalue weighted by Gasteiger charge is -2.11. The van der Waals surface area contributed by atoms with Gasteiger partial charge in [-0.15, -0.1) is 11.3 Å². The highest BCUT2D eigenvalue weighted by Gasteiger charge is 2.10. The Labute approximate surface area is 140 Å². The first-order chi connectivity index (χ1) is 11.1. The molecule has 0 saturated carbocycles. The minimum absolute atomic E-state index is 1.18. The van der Waals surface area contributed by atoms with E-state index in [0.29, 0.717) is 0 Å². The Balaban J connectivity index is 1.90. The van der Waals surface area contributed by atoms with Crippen LogP contribution < -0.4 is 5.32 Å². The first-order valence-electron chi connectivity index (χ1n) is 7.88. The first kappa shape index (κ1) is 14.3. The highest BCUT2D eigenvalue weighted by Crippen LogP contribution is 2.40. The van der Waals surface area contributed by atoms with Crippen LogP contribution in [0.3, 0.4) is 0 Å². The second-order valence-electron chi connectivity index (χ2n) is 6.18. The molecule has 1 heterocycles. The average molecular weight is 317 g/mol. The molecule has 0 aliphatic carbocycles. The van der Waals surface area contributed by atoms with E-state index in [0.717, 1.165) is 0 Å². The van der Waals surface area contributed by atoms with Gasteiger partial charge in [0.2, 0.25) is 0 Å². The average Bonchev–Trinajstić information content (AvgIpc) is 2.91. The number of rotatable bonds is 2. The van der Waals surface area contributed by atoms with Crippen molar-refractivity contribution in [2.75, 3.05) is 5.32 Å². The third kappa shape index (κ3) is 2.40. The van der Waals surface area contributed by atoms with E-state index in [1.54, 1.807) is 0 Å². The van der Waals surface area contributed by atoms with E-state index < -0.39 is 0 Å². The lowest BCUT2D eigenvalue weighted by atomic mass is 10.1. The second kappa shape index (κ2) is 5.39. The van der Waals surface area contributed by atoms with Crippen molar-refractivity contribution in [2.24, 2.45) is 0 Å². The zero-order valence-corrected chi connectivity index (χ0v) is 14.4. The molecule has 4 rings (SSSR count). The number of benzene rings is 3. The molecular weight excluding hydrogens is 298 g/mol. The number of aryl methyl sites for hydroxylation is 3. The summed E-state index contributed by atoms with van der Waals surface area (Å²) in [6.07, 6.45) is 0. The van der Waals surface area contributed by atoms with Crippen molar-refractivity contribution in [3.8, 4) is 0 Å². The monoisotopic (exact) mass is 317 g/mol. The molecule has 0 fully saturated rings. The predicted octanol–water partition coefficient (Wildman–Crippen LogP) is 6.72. The van der Waals surface area contributed by atoms with Crippen LogP contribution in [0.2, 0.25) is 0 Å². The minimum Gasteiger partial charge on any atom is -0.354 e. The van der Waals surface area contributed by atoms with Crippen LogP contribution in [0.1, 0.15) is 16.7 Å². The number of hydrogen-bond acceptors (Lipinski definition) is 2. The smallest absolute Gasteiger partial charge is 0.0590 e. The third-order valence-electron chi connectivity index (χ3n) is 4.37. The summed E-state index contributed by atoms with van der Waals surface area (Å²) in [5.41, 5.74) is 6.29. The molecule has 4 aromatic rings. The molecule has 0 aliphatic rings. The van der Waals surface area contributed by atoms with Gasteiger partial charge in [0.1, 0.15) is 0 Å². The van der Waals surface area contributed by atoms with E-state index in [-0.39, 0.29) is 0 Å².